The van der Waals surface area contributed by atoms with Crippen LogP contribution in [0.25, 0.3) is 106 Å². The summed E-state index contributed by atoms with van der Waals surface area (Å²) < 4.78 is 6.58. The summed E-state index contributed by atoms with van der Waals surface area (Å²) in [7, 11) is 0. The molecule has 1 heterocycles. The second-order valence-corrected chi connectivity index (χ2v) is 15.5. The Balaban J connectivity index is 1.06. The maximum absolute atomic E-state index is 6.58. The van der Waals surface area contributed by atoms with Gasteiger partial charge in [-0.2, -0.15) is 0 Å². The third kappa shape index (κ3) is 3.97. The third-order valence-electron chi connectivity index (χ3n) is 12.7. The maximum Gasteiger partial charge on any atom is 0.135 e. The van der Waals surface area contributed by atoms with Gasteiger partial charge in [0.1, 0.15) is 11.2 Å². The molecule has 0 N–H and O–H groups in total. The maximum atomic E-state index is 6.58. The molecular formula is C54H32O. The average Bonchev–Trinajstić information content (AvgIpc) is 3.78. The second kappa shape index (κ2) is 10.8. The van der Waals surface area contributed by atoms with E-state index in [0.717, 1.165) is 21.9 Å². The predicted molar refractivity (Wildman–Crippen MR) is 231 cm³/mol. The van der Waals surface area contributed by atoms with Gasteiger partial charge in [0.05, 0.1) is 0 Å². The number of hydrogen-bond acceptors (Lipinski definition) is 1. The average molecular weight is 697 g/mol. The summed E-state index contributed by atoms with van der Waals surface area (Å²) in [6.07, 6.45) is 14.1. The molecule has 9 aromatic rings. The molecule has 1 aromatic heterocycles. The summed E-state index contributed by atoms with van der Waals surface area (Å²) in [6, 6.07) is 53.8. The molecule has 0 saturated heterocycles. The van der Waals surface area contributed by atoms with Gasteiger partial charge in [0.2, 0.25) is 0 Å². The lowest BCUT2D eigenvalue weighted by molar-refractivity contribution is 0.667. The number of allylic oxidation sites excluding steroid dienone is 6. The lowest BCUT2D eigenvalue weighted by Crippen LogP contribution is -2.21. The zero-order valence-electron chi connectivity index (χ0n) is 29.9. The molecule has 0 amide bonds. The third-order valence-corrected chi connectivity index (χ3v) is 12.7. The Morgan fingerprint density at radius 1 is 0.418 bits per heavy atom. The Hall–Kier alpha value is -6.96. The Labute approximate surface area is 318 Å². The van der Waals surface area contributed by atoms with Crippen LogP contribution in [0.15, 0.2) is 180 Å². The predicted octanol–water partition coefficient (Wildman–Crippen LogP) is 14.7. The van der Waals surface area contributed by atoms with Crippen LogP contribution in [0.1, 0.15) is 28.2 Å². The fourth-order valence-electron chi connectivity index (χ4n) is 10.5. The summed E-state index contributed by atoms with van der Waals surface area (Å²) in [4.78, 5) is 0. The molecule has 0 bridgehead atoms. The van der Waals surface area contributed by atoms with Gasteiger partial charge in [-0.1, -0.05) is 158 Å². The van der Waals surface area contributed by atoms with Crippen LogP contribution >= 0.6 is 0 Å². The Bertz CT molecular complexity index is 3300. The summed E-state index contributed by atoms with van der Waals surface area (Å²) >= 11 is 0. The zero-order chi connectivity index (χ0) is 35.8. The minimum absolute atomic E-state index is 0.340. The first-order valence-corrected chi connectivity index (χ1v) is 19.3. The highest BCUT2D eigenvalue weighted by Crippen LogP contribution is 2.58. The molecule has 0 saturated carbocycles. The molecule has 2 unspecified atom stereocenters. The summed E-state index contributed by atoms with van der Waals surface area (Å²) in [6.45, 7) is 0. The van der Waals surface area contributed by atoms with Crippen LogP contribution in [0.5, 0.6) is 0 Å². The quantitative estimate of drug-likeness (QED) is 0.179. The van der Waals surface area contributed by atoms with E-state index in [0.29, 0.717) is 11.8 Å². The highest BCUT2D eigenvalue weighted by molar-refractivity contribution is 6.28. The largest absolute Gasteiger partial charge is 0.456 e. The van der Waals surface area contributed by atoms with Crippen LogP contribution < -0.4 is 0 Å². The minimum atomic E-state index is 0.340. The van der Waals surface area contributed by atoms with Gasteiger partial charge in [0.15, 0.2) is 0 Å². The smallest absolute Gasteiger partial charge is 0.135 e. The molecule has 4 aliphatic rings. The molecule has 1 nitrogen and oxygen atoms in total. The first-order chi connectivity index (χ1) is 27.3. The van der Waals surface area contributed by atoms with E-state index in [2.05, 4.69) is 182 Å². The van der Waals surface area contributed by atoms with Crippen LogP contribution in [-0.4, -0.2) is 0 Å². The lowest BCUT2D eigenvalue weighted by atomic mass is 9.67. The Morgan fingerprint density at radius 3 is 1.78 bits per heavy atom. The van der Waals surface area contributed by atoms with Crippen molar-refractivity contribution < 1.29 is 4.42 Å². The van der Waals surface area contributed by atoms with E-state index in [1.54, 1.807) is 0 Å². The molecule has 0 fully saturated rings. The highest BCUT2D eigenvalue weighted by Gasteiger charge is 2.35. The van der Waals surface area contributed by atoms with Crippen LogP contribution in [0, 0.1) is 5.92 Å². The monoisotopic (exact) mass is 696 g/mol. The van der Waals surface area contributed by atoms with Gasteiger partial charge < -0.3 is 4.42 Å². The van der Waals surface area contributed by atoms with Gasteiger partial charge in [-0.05, 0) is 124 Å². The SMILES string of the molecule is C1=CC2C=Cc3cccc4c3C2C(=C1c1ccc2oc3ccc(-c5c6c(c(-c7ccccc7)c7ccccc57)-c5cccc7cccc-6c57)cc3c2c1)C=C4. The van der Waals surface area contributed by atoms with Crippen molar-refractivity contribution in [3.05, 3.63) is 198 Å². The Kier molecular flexibility index (Phi) is 5.80. The van der Waals surface area contributed by atoms with Gasteiger partial charge in [-0.3, -0.25) is 0 Å². The molecule has 0 radical (unpaired) electrons. The van der Waals surface area contributed by atoms with Crippen LogP contribution in [0.4, 0.5) is 0 Å². The van der Waals surface area contributed by atoms with Crippen molar-refractivity contribution in [1.29, 1.82) is 0 Å². The molecule has 4 aliphatic carbocycles. The van der Waals surface area contributed by atoms with Crippen molar-refractivity contribution in [2.45, 2.75) is 5.92 Å². The van der Waals surface area contributed by atoms with E-state index in [-0.39, 0.29) is 0 Å². The van der Waals surface area contributed by atoms with Crippen LogP contribution in [-0.2, 0) is 0 Å². The van der Waals surface area contributed by atoms with Gasteiger partial charge >= 0.3 is 0 Å². The van der Waals surface area contributed by atoms with E-state index >= 15 is 0 Å². The standard InChI is InChI=1S/C54H32O/c1-2-9-32(10-3-1)51-39-15-4-5-16-40(39)52(54-43-18-8-14-31-13-7-17-42(49(31)43)53(51)54)37-24-28-47-45(30-37)44-29-36(23-27-46(44)55-47)38-25-21-35-20-19-33-11-6-12-34-22-26-41(38)50(35)48(33)34/h1-30,35,50H. The number of furan rings is 1. The number of hydrogen-bond donors (Lipinski definition) is 0. The second-order valence-electron chi connectivity index (χ2n) is 15.5. The molecule has 0 aliphatic heterocycles. The summed E-state index contributed by atoms with van der Waals surface area (Å²) in [5, 5.41) is 7.44. The first-order valence-electron chi connectivity index (χ1n) is 19.3. The topological polar surface area (TPSA) is 13.1 Å². The van der Waals surface area contributed by atoms with Crippen molar-refractivity contribution in [2.75, 3.05) is 0 Å². The summed E-state index contributed by atoms with van der Waals surface area (Å²) in [5.41, 5.74) is 20.2. The number of fused-ring (bicyclic) bond motifs is 7. The zero-order valence-corrected chi connectivity index (χ0v) is 29.9. The van der Waals surface area contributed by atoms with Crippen molar-refractivity contribution >= 4 is 61.2 Å². The van der Waals surface area contributed by atoms with Gasteiger partial charge in [-0.25, -0.2) is 0 Å². The summed E-state index contributed by atoms with van der Waals surface area (Å²) in [5.74, 6) is 0.715. The van der Waals surface area contributed by atoms with Crippen molar-refractivity contribution in [1.82, 2.24) is 0 Å². The van der Waals surface area contributed by atoms with Crippen molar-refractivity contribution in [3.63, 3.8) is 0 Å². The fraction of sp³-hybridized carbons (Fsp3) is 0.0370. The number of benzene rings is 8. The van der Waals surface area contributed by atoms with Gasteiger partial charge in [0.25, 0.3) is 0 Å². The van der Waals surface area contributed by atoms with E-state index in [1.165, 1.54) is 99.5 Å². The van der Waals surface area contributed by atoms with E-state index in [9.17, 15) is 0 Å². The van der Waals surface area contributed by atoms with Gasteiger partial charge in [0, 0.05) is 22.6 Å². The molecular weight excluding hydrogens is 665 g/mol. The molecule has 13 rings (SSSR count). The molecule has 8 aromatic carbocycles. The lowest BCUT2D eigenvalue weighted by Gasteiger charge is -2.36. The fourth-order valence-corrected chi connectivity index (χ4v) is 10.5. The van der Waals surface area contributed by atoms with Gasteiger partial charge in [-0.15, -0.1) is 0 Å². The first kappa shape index (κ1) is 29.5. The van der Waals surface area contributed by atoms with E-state index in [1.807, 2.05) is 0 Å². The minimum Gasteiger partial charge on any atom is -0.456 e. The van der Waals surface area contributed by atoms with E-state index in [4.69, 9.17) is 4.42 Å². The number of rotatable bonds is 3. The van der Waals surface area contributed by atoms with Crippen LogP contribution in [0.2, 0.25) is 0 Å². The van der Waals surface area contributed by atoms with Crippen LogP contribution in [0.3, 0.4) is 0 Å². The molecule has 55 heavy (non-hydrogen) atoms. The normalized spacial score (nSPS) is 17.2. The molecule has 2 atom stereocenters. The molecule has 1 heteroatoms. The molecule has 254 valence electrons. The Morgan fingerprint density at radius 2 is 1.04 bits per heavy atom. The van der Waals surface area contributed by atoms with E-state index < -0.39 is 0 Å². The van der Waals surface area contributed by atoms with Crippen molar-refractivity contribution in [2.24, 2.45) is 5.92 Å². The molecule has 0 spiro atoms. The van der Waals surface area contributed by atoms with Crippen molar-refractivity contribution in [3.8, 4) is 44.5 Å². The highest BCUT2D eigenvalue weighted by atomic mass is 16.3.